The van der Waals surface area contributed by atoms with Crippen molar-refractivity contribution in [1.29, 1.82) is 0 Å². The molecule has 102 valence electrons. The van der Waals surface area contributed by atoms with Crippen LogP contribution in [0.4, 0.5) is 10.2 Å². The first-order valence-corrected chi connectivity index (χ1v) is 6.57. The number of anilines is 1. The number of nitrogens with one attached hydrogen (secondary N) is 1. The Bertz CT molecular complexity index is 779. The van der Waals surface area contributed by atoms with E-state index in [2.05, 4.69) is 19.9 Å². The monoisotopic (exact) mass is 272 g/mol. The largest absolute Gasteiger partial charge is 0.378 e. The van der Waals surface area contributed by atoms with Crippen molar-refractivity contribution >= 4 is 27.8 Å². The number of fused-ring (bicyclic) bond motifs is 3. The summed E-state index contributed by atoms with van der Waals surface area (Å²) in [7, 11) is 0. The summed E-state index contributed by atoms with van der Waals surface area (Å²) in [5.41, 5.74) is 2.49. The quantitative estimate of drug-likeness (QED) is 0.737. The topological polar surface area (TPSA) is 54.0 Å². The number of rotatable bonds is 1. The van der Waals surface area contributed by atoms with E-state index in [0.717, 1.165) is 40.8 Å². The Labute approximate surface area is 114 Å². The predicted molar refractivity (Wildman–Crippen MR) is 74.4 cm³/mol. The van der Waals surface area contributed by atoms with E-state index < -0.39 is 0 Å². The molecule has 0 unspecified atom stereocenters. The molecule has 20 heavy (non-hydrogen) atoms. The summed E-state index contributed by atoms with van der Waals surface area (Å²) in [5, 5.41) is 0.789. The minimum Gasteiger partial charge on any atom is -0.378 e. The predicted octanol–water partition coefficient (Wildman–Crippen LogP) is 2.09. The van der Waals surface area contributed by atoms with Gasteiger partial charge in [0.1, 0.15) is 23.2 Å². The number of H-pyrrole nitrogens is 1. The van der Waals surface area contributed by atoms with Crippen LogP contribution in [-0.2, 0) is 4.74 Å². The zero-order valence-electron chi connectivity index (χ0n) is 10.8. The van der Waals surface area contributed by atoms with Crippen LogP contribution in [0.2, 0.25) is 0 Å². The van der Waals surface area contributed by atoms with E-state index in [1.807, 2.05) is 0 Å². The normalized spacial score (nSPS) is 16.1. The fourth-order valence-corrected chi connectivity index (χ4v) is 2.67. The first kappa shape index (κ1) is 11.6. The van der Waals surface area contributed by atoms with Gasteiger partial charge in [0.15, 0.2) is 5.82 Å². The molecule has 4 rings (SSSR count). The first-order chi connectivity index (χ1) is 9.83. The second-order valence-corrected chi connectivity index (χ2v) is 4.84. The van der Waals surface area contributed by atoms with Crippen molar-refractivity contribution < 1.29 is 9.13 Å². The van der Waals surface area contributed by atoms with Crippen molar-refractivity contribution in [3.63, 3.8) is 0 Å². The number of ether oxygens (including phenoxy) is 1. The van der Waals surface area contributed by atoms with Gasteiger partial charge in [-0.15, -0.1) is 0 Å². The average molecular weight is 272 g/mol. The van der Waals surface area contributed by atoms with Gasteiger partial charge >= 0.3 is 0 Å². The SMILES string of the molecule is Fc1ccc2[nH]c3c(N4CCOCC4)ncnc3c2c1. The minimum atomic E-state index is -0.259. The average Bonchev–Trinajstić information content (AvgIpc) is 2.86. The van der Waals surface area contributed by atoms with Crippen LogP contribution in [0.5, 0.6) is 0 Å². The van der Waals surface area contributed by atoms with Crippen LogP contribution in [0.1, 0.15) is 0 Å². The molecule has 0 bridgehead atoms. The number of nitrogens with zero attached hydrogens (tertiary/aromatic N) is 3. The van der Waals surface area contributed by atoms with Gasteiger partial charge in [-0.3, -0.25) is 0 Å². The summed E-state index contributed by atoms with van der Waals surface area (Å²) in [5.74, 6) is 0.597. The van der Waals surface area contributed by atoms with Crippen LogP contribution in [0.15, 0.2) is 24.5 Å². The highest BCUT2D eigenvalue weighted by Gasteiger charge is 2.18. The molecule has 1 aliphatic rings. The van der Waals surface area contributed by atoms with Gasteiger partial charge < -0.3 is 14.6 Å². The Balaban J connectivity index is 1.95. The minimum absolute atomic E-state index is 0.259. The van der Waals surface area contributed by atoms with Crippen molar-refractivity contribution in [3.05, 3.63) is 30.3 Å². The highest BCUT2D eigenvalue weighted by molar-refractivity contribution is 6.08. The number of benzene rings is 1. The van der Waals surface area contributed by atoms with Crippen molar-refractivity contribution in [2.45, 2.75) is 0 Å². The third kappa shape index (κ3) is 1.72. The van der Waals surface area contributed by atoms with Crippen molar-refractivity contribution in [2.75, 3.05) is 31.2 Å². The van der Waals surface area contributed by atoms with Gasteiger partial charge in [0.25, 0.3) is 0 Å². The molecule has 3 heterocycles. The molecule has 3 aromatic rings. The van der Waals surface area contributed by atoms with Gasteiger partial charge in [0.2, 0.25) is 0 Å². The maximum absolute atomic E-state index is 13.4. The molecule has 1 aromatic carbocycles. The van der Waals surface area contributed by atoms with Crippen LogP contribution in [-0.4, -0.2) is 41.3 Å². The lowest BCUT2D eigenvalue weighted by Gasteiger charge is -2.27. The second-order valence-electron chi connectivity index (χ2n) is 4.84. The summed E-state index contributed by atoms with van der Waals surface area (Å²) < 4.78 is 18.8. The molecule has 2 aromatic heterocycles. The van der Waals surface area contributed by atoms with Gasteiger partial charge in [0, 0.05) is 24.0 Å². The third-order valence-corrected chi connectivity index (χ3v) is 3.63. The molecule has 0 spiro atoms. The second kappa shape index (κ2) is 4.42. The van der Waals surface area contributed by atoms with Crippen molar-refractivity contribution in [2.24, 2.45) is 0 Å². The fourth-order valence-electron chi connectivity index (χ4n) is 2.67. The van der Waals surface area contributed by atoms with Gasteiger partial charge in [-0.25, -0.2) is 14.4 Å². The van der Waals surface area contributed by atoms with Crippen LogP contribution >= 0.6 is 0 Å². The molecular formula is C14H13FN4O. The lowest BCUT2D eigenvalue weighted by atomic mass is 10.2. The van der Waals surface area contributed by atoms with Crippen LogP contribution in [0.3, 0.4) is 0 Å². The fraction of sp³-hybridized carbons (Fsp3) is 0.286. The van der Waals surface area contributed by atoms with E-state index in [0.29, 0.717) is 13.2 Å². The number of halogens is 1. The molecule has 5 nitrogen and oxygen atoms in total. The van der Waals surface area contributed by atoms with Crippen LogP contribution < -0.4 is 4.90 Å². The van der Waals surface area contributed by atoms with E-state index in [4.69, 9.17) is 4.74 Å². The summed E-state index contributed by atoms with van der Waals surface area (Å²) in [4.78, 5) is 14.1. The van der Waals surface area contributed by atoms with E-state index in [9.17, 15) is 4.39 Å². The number of aromatic amines is 1. The summed E-state index contributed by atoms with van der Waals surface area (Å²) in [6.45, 7) is 2.99. The standard InChI is InChI=1S/C14H13FN4O/c15-9-1-2-11-10(7-9)12-13(18-11)14(17-8-16-12)19-3-5-20-6-4-19/h1-2,7-8,18H,3-6H2. The van der Waals surface area contributed by atoms with E-state index >= 15 is 0 Å². The molecule has 6 heteroatoms. The number of morpholine rings is 1. The Morgan fingerprint density at radius 1 is 1.20 bits per heavy atom. The molecular weight excluding hydrogens is 259 g/mol. The number of hydrogen-bond acceptors (Lipinski definition) is 4. The highest BCUT2D eigenvalue weighted by atomic mass is 19.1. The van der Waals surface area contributed by atoms with E-state index in [1.165, 1.54) is 18.5 Å². The van der Waals surface area contributed by atoms with E-state index in [1.54, 1.807) is 6.07 Å². The van der Waals surface area contributed by atoms with Gasteiger partial charge in [-0.2, -0.15) is 0 Å². The van der Waals surface area contributed by atoms with Crippen molar-refractivity contribution in [3.8, 4) is 0 Å². The molecule has 1 fully saturated rings. The van der Waals surface area contributed by atoms with E-state index in [-0.39, 0.29) is 5.82 Å². The maximum Gasteiger partial charge on any atom is 0.156 e. The zero-order chi connectivity index (χ0) is 13.5. The molecule has 0 atom stereocenters. The Morgan fingerprint density at radius 3 is 2.90 bits per heavy atom. The Hall–Kier alpha value is -2.21. The van der Waals surface area contributed by atoms with Gasteiger partial charge in [-0.1, -0.05) is 0 Å². The third-order valence-electron chi connectivity index (χ3n) is 3.63. The van der Waals surface area contributed by atoms with Crippen LogP contribution in [0, 0.1) is 5.82 Å². The Morgan fingerprint density at radius 2 is 2.05 bits per heavy atom. The van der Waals surface area contributed by atoms with Gasteiger partial charge in [-0.05, 0) is 18.2 Å². The highest BCUT2D eigenvalue weighted by Crippen LogP contribution is 2.29. The number of hydrogen-bond donors (Lipinski definition) is 1. The number of aromatic nitrogens is 3. The molecule has 1 saturated heterocycles. The summed E-state index contributed by atoms with van der Waals surface area (Å²) in [6.07, 6.45) is 1.53. The lowest BCUT2D eigenvalue weighted by Crippen LogP contribution is -2.36. The molecule has 0 aliphatic carbocycles. The lowest BCUT2D eigenvalue weighted by molar-refractivity contribution is 0.122. The van der Waals surface area contributed by atoms with Crippen molar-refractivity contribution in [1.82, 2.24) is 15.0 Å². The molecule has 1 N–H and O–H groups in total. The molecule has 1 aliphatic heterocycles. The smallest absolute Gasteiger partial charge is 0.156 e. The molecule has 0 saturated carbocycles. The van der Waals surface area contributed by atoms with Gasteiger partial charge in [0.05, 0.1) is 13.2 Å². The zero-order valence-corrected chi connectivity index (χ0v) is 10.8. The molecule has 0 amide bonds. The maximum atomic E-state index is 13.4. The van der Waals surface area contributed by atoms with Crippen LogP contribution in [0.25, 0.3) is 21.9 Å². The molecule has 0 radical (unpaired) electrons. The summed E-state index contributed by atoms with van der Waals surface area (Å²) >= 11 is 0. The Kier molecular flexibility index (Phi) is 2.56. The summed E-state index contributed by atoms with van der Waals surface area (Å²) in [6, 6.07) is 4.68. The first-order valence-electron chi connectivity index (χ1n) is 6.57.